The number of fused-ring (bicyclic) bond motifs is 1. The Kier molecular flexibility index (Phi) is 3.25. The Labute approximate surface area is 124 Å². The van der Waals surface area contributed by atoms with Gasteiger partial charge in [-0.1, -0.05) is 18.2 Å². The van der Waals surface area contributed by atoms with E-state index in [9.17, 15) is 0 Å². The number of anilines is 1. The van der Waals surface area contributed by atoms with E-state index >= 15 is 0 Å². The van der Waals surface area contributed by atoms with Gasteiger partial charge in [-0.05, 0) is 47.9 Å². The number of hydrogen-bond acceptors (Lipinski definition) is 3. The van der Waals surface area contributed by atoms with Gasteiger partial charge in [-0.2, -0.15) is 0 Å². The number of rotatable bonds is 4. The molecule has 1 aromatic heterocycles. The molecule has 0 radical (unpaired) electrons. The molecule has 1 N–H and O–H groups in total. The summed E-state index contributed by atoms with van der Waals surface area (Å²) in [5, 5.41) is 5.87. The first-order chi connectivity index (χ1) is 9.90. The molecule has 20 heavy (non-hydrogen) atoms. The topological polar surface area (TPSA) is 15.3 Å². The van der Waals surface area contributed by atoms with E-state index in [-0.39, 0.29) is 0 Å². The minimum Gasteiger partial charge on any atom is -0.367 e. The maximum Gasteiger partial charge on any atom is 0.0440 e. The summed E-state index contributed by atoms with van der Waals surface area (Å²) in [6, 6.07) is 11.9. The maximum absolute atomic E-state index is 3.64. The van der Waals surface area contributed by atoms with Crippen LogP contribution in [0.4, 0.5) is 5.69 Å². The van der Waals surface area contributed by atoms with Crippen molar-refractivity contribution in [2.75, 3.05) is 11.4 Å². The second kappa shape index (κ2) is 5.23. The molecule has 1 aromatic carbocycles. The highest BCUT2D eigenvalue weighted by atomic mass is 32.1. The minimum absolute atomic E-state index is 0.771. The Morgan fingerprint density at radius 3 is 3.00 bits per heavy atom. The molecule has 1 saturated carbocycles. The molecule has 3 heteroatoms. The molecule has 2 nitrogen and oxygen atoms in total. The number of benzene rings is 1. The SMILES string of the molecule is c1ccc(N2CCc3sccc3C2)c(CNC2CC2)c1. The van der Waals surface area contributed by atoms with Crippen LogP contribution in [0.1, 0.15) is 28.8 Å². The van der Waals surface area contributed by atoms with E-state index in [1.54, 1.807) is 4.88 Å². The van der Waals surface area contributed by atoms with Gasteiger partial charge < -0.3 is 10.2 Å². The molecule has 4 rings (SSSR count). The fraction of sp³-hybridized carbons (Fsp3) is 0.412. The summed E-state index contributed by atoms with van der Waals surface area (Å²) in [6.07, 6.45) is 3.89. The molecule has 0 unspecified atom stereocenters. The van der Waals surface area contributed by atoms with Crippen LogP contribution in [0.3, 0.4) is 0 Å². The number of para-hydroxylation sites is 1. The van der Waals surface area contributed by atoms with Gasteiger partial charge in [0.05, 0.1) is 0 Å². The van der Waals surface area contributed by atoms with Crippen molar-refractivity contribution in [3.8, 4) is 0 Å². The molecule has 0 atom stereocenters. The Hall–Kier alpha value is -1.32. The van der Waals surface area contributed by atoms with Gasteiger partial charge >= 0.3 is 0 Å². The lowest BCUT2D eigenvalue weighted by Gasteiger charge is -2.31. The number of nitrogens with one attached hydrogen (secondary N) is 1. The highest BCUT2D eigenvalue weighted by Gasteiger charge is 2.22. The molecular formula is C17H20N2S. The van der Waals surface area contributed by atoms with Crippen molar-refractivity contribution in [3.05, 3.63) is 51.7 Å². The number of nitrogens with zero attached hydrogens (tertiary/aromatic N) is 1. The van der Waals surface area contributed by atoms with E-state index in [1.807, 2.05) is 11.3 Å². The normalized spacial score (nSPS) is 18.1. The average Bonchev–Trinajstić information content (AvgIpc) is 3.20. The summed E-state index contributed by atoms with van der Waals surface area (Å²) in [7, 11) is 0. The third kappa shape index (κ3) is 2.48. The van der Waals surface area contributed by atoms with Crippen LogP contribution < -0.4 is 10.2 Å². The van der Waals surface area contributed by atoms with Gasteiger partial charge in [0.25, 0.3) is 0 Å². The number of thiophene rings is 1. The molecule has 2 heterocycles. The quantitative estimate of drug-likeness (QED) is 0.923. The van der Waals surface area contributed by atoms with Gasteiger partial charge in [-0.3, -0.25) is 0 Å². The Morgan fingerprint density at radius 2 is 2.10 bits per heavy atom. The van der Waals surface area contributed by atoms with Crippen LogP contribution in [0.2, 0.25) is 0 Å². The third-order valence-corrected chi connectivity index (χ3v) is 5.32. The Balaban J connectivity index is 1.55. The van der Waals surface area contributed by atoms with Crippen LogP contribution in [0.5, 0.6) is 0 Å². The summed E-state index contributed by atoms with van der Waals surface area (Å²) >= 11 is 1.91. The van der Waals surface area contributed by atoms with E-state index < -0.39 is 0 Å². The monoisotopic (exact) mass is 284 g/mol. The minimum atomic E-state index is 0.771. The van der Waals surface area contributed by atoms with E-state index in [2.05, 4.69) is 45.9 Å². The maximum atomic E-state index is 3.64. The van der Waals surface area contributed by atoms with Gasteiger partial charge in [-0.25, -0.2) is 0 Å². The summed E-state index contributed by atoms with van der Waals surface area (Å²) in [6.45, 7) is 3.22. The molecule has 1 aliphatic heterocycles. The lowest BCUT2D eigenvalue weighted by molar-refractivity contribution is 0.677. The van der Waals surface area contributed by atoms with Crippen LogP contribution in [-0.2, 0) is 19.5 Å². The first-order valence-corrected chi connectivity index (χ1v) is 8.39. The second-order valence-electron chi connectivity index (χ2n) is 5.82. The largest absolute Gasteiger partial charge is 0.367 e. The second-order valence-corrected chi connectivity index (χ2v) is 6.83. The van der Waals surface area contributed by atoms with Crippen molar-refractivity contribution >= 4 is 17.0 Å². The van der Waals surface area contributed by atoms with Crippen LogP contribution in [-0.4, -0.2) is 12.6 Å². The molecule has 2 aromatic rings. The molecule has 0 saturated heterocycles. The predicted molar refractivity (Wildman–Crippen MR) is 85.4 cm³/mol. The third-order valence-electron chi connectivity index (χ3n) is 4.30. The molecule has 0 amide bonds. The molecule has 104 valence electrons. The van der Waals surface area contributed by atoms with E-state index in [0.29, 0.717) is 0 Å². The fourth-order valence-electron chi connectivity index (χ4n) is 2.96. The van der Waals surface area contributed by atoms with Crippen LogP contribution >= 0.6 is 11.3 Å². The zero-order valence-electron chi connectivity index (χ0n) is 11.6. The summed E-state index contributed by atoms with van der Waals surface area (Å²) in [5.74, 6) is 0. The van der Waals surface area contributed by atoms with Crippen molar-refractivity contribution in [1.29, 1.82) is 0 Å². The van der Waals surface area contributed by atoms with E-state index in [0.717, 1.165) is 25.7 Å². The smallest absolute Gasteiger partial charge is 0.0440 e. The zero-order chi connectivity index (χ0) is 13.4. The molecule has 0 spiro atoms. The van der Waals surface area contributed by atoms with Crippen molar-refractivity contribution in [1.82, 2.24) is 5.32 Å². The van der Waals surface area contributed by atoms with Gasteiger partial charge in [0.2, 0.25) is 0 Å². The van der Waals surface area contributed by atoms with Crippen molar-refractivity contribution in [2.24, 2.45) is 0 Å². The zero-order valence-corrected chi connectivity index (χ0v) is 12.5. The molecule has 0 bridgehead atoms. The van der Waals surface area contributed by atoms with Crippen LogP contribution in [0.25, 0.3) is 0 Å². The van der Waals surface area contributed by atoms with Crippen molar-refractivity contribution in [3.63, 3.8) is 0 Å². The van der Waals surface area contributed by atoms with Crippen LogP contribution in [0.15, 0.2) is 35.7 Å². The fourth-order valence-corrected chi connectivity index (χ4v) is 3.85. The van der Waals surface area contributed by atoms with Gasteiger partial charge in [-0.15, -0.1) is 11.3 Å². The molecule has 1 fully saturated rings. The lowest BCUT2D eigenvalue weighted by Crippen LogP contribution is -2.30. The Morgan fingerprint density at radius 1 is 1.20 bits per heavy atom. The first kappa shape index (κ1) is 12.4. The van der Waals surface area contributed by atoms with Gasteiger partial charge in [0, 0.05) is 36.2 Å². The highest BCUT2D eigenvalue weighted by molar-refractivity contribution is 7.10. The average molecular weight is 284 g/mol. The van der Waals surface area contributed by atoms with Gasteiger partial charge in [0.1, 0.15) is 0 Å². The van der Waals surface area contributed by atoms with Crippen molar-refractivity contribution in [2.45, 2.75) is 38.4 Å². The summed E-state index contributed by atoms with van der Waals surface area (Å²) in [4.78, 5) is 4.12. The standard InChI is InChI=1S/C17H20N2S/c1-2-4-16(13(3-1)11-18-15-5-6-15)19-9-7-17-14(12-19)8-10-20-17/h1-4,8,10,15,18H,5-7,9,11-12H2. The first-order valence-electron chi connectivity index (χ1n) is 7.51. The Bertz CT molecular complexity index is 601. The number of hydrogen-bond donors (Lipinski definition) is 1. The lowest BCUT2D eigenvalue weighted by atomic mass is 10.1. The predicted octanol–water partition coefficient (Wildman–Crippen LogP) is 3.56. The molecule has 2 aliphatic rings. The summed E-state index contributed by atoms with van der Waals surface area (Å²) in [5.41, 5.74) is 4.38. The van der Waals surface area contributed by atoms with E-state index in [1.165, 1.54) is 36.1 Å². The van der Waals surface area contributed by atoms with Crippen LogP contribution in [0, 0.1) is 0 Å². The van der Waals surface area contributed by atoms with Gasteiger partial charge in [0.15, 0.2) is 0 Å². The van der Waals surface area contributed by atoms with Crippen molar-refractivity contribution < 1.29 is 0 Å². The highest BCUT2D eigenvalue weighted by Crippen LogP contribution is 2.30. The summed E-state index contributed by atoms with van der Waals surface area (Å²) < 4.78 is 0. The van der Waals surface area contributed by atoms with E-state index in [4.69, 9.17) is 0 Å². The molecular weight excluding hydrogens is 264 g/mol. The molecule has 1 aliphatic carbocycles.